The van der Waals surface area contributed by atoms with E-state index in [9.17, 15) is 0 Å². The number of ether oxygens (including phenoxy) is 1. The summed E-state index contributed by atoms with van der Waals surface area (Å²) in [4.78, 5) is 2.53. The van der Waals surface area contributed by atoms with Crippen molar-refractivity contribution in [2.45, 2.75) is 45.6 Å². The fourth-order valence-electron chi connectivity index (χ4n) is 1.91. The van der Waals surface area contributed by atoms with E-state index in [4.69, 9.17) is 4.74 Å². The molecule has 0 aromatic rings. The van der Waals surface area contributed by atoms with E-state index in [1.807, 2.05) is 0 Å². The Morgan fingerprint density at radius 1 is 1.31 bits per heavy atom. The second-order valence-corrected chi connectivity index (χ2v) is 3.94. The van der Waals surface area contributed by atoms with Crippen LogP contribution in [0.1, 0.15) is 39.5 Å². The molecule has 2 heteroatoms. The number of morpholine rings is 1. The van der Waals surface area contributed by atoms with Gasteiger partial charge in [-0.3, -0.25) is 4.90 Å². The Labute approximate surface area is 82.3 Å². The molecule has 1 saturated heterocycles. The van der Waals surface area contributed by atoms with Crippen LogP contribution in [-0.4, -0.2) is 37.2 Å². The molecule has 0 N–H and O–H groups in total. The monoisotopic (exact) mass is 185 g/mol. The van der Waals surface area contributed by atoms with Crippen molar-refractivity contribution < 1.29 is 4.74 Å². The highest BCUT2D eigenvalue weighted by Crippen LogP contribution is 2.11. The van der Waals surface area contributed by atoms with Crippen molar-refractivity contribution in [2.75, 3.05) is 26.2 Å². The fraction of sp³-hybridized carbons (Fsp3) is 1.00. The summed E-state index contributed by atoms with van der Waals surface area (Å²) in [7, 11) is 0. The predicted molar refractivity (Wildman–Crippen MR) is 56.0 cm³/mol. The van der Waals surface area contributed by atoms with Gasteiger partial charge in [0.05, 0.1) is 12.7 Å². The lowest BCUT2D eigenvalue weighted by Crippen LogP contribution is -2.42. The summed E-state index contributed by atoms with van der Waals surface area (Å²) >= 11 is 0. The van der Waals surface area contributed by atoms with Crippen LogP contribution in [0.15, 0.2) is 0 Å². The van der Waals surface area contributed by atoms with E-state index >= 15 is 0 Å². The maximum absolute atomic E-state index is 5.71. The minimum Gasteiger partial charge on any atom is -0.376 e. The molecular formula is C11H23NO. The van der Waals surface area contributed by atoms with Crippen LogP contribution in [0.25, 0.3) is 0 Å². The SMILES string of the molecule is CCCCC1CN(CCC)CCO1. The van der Waals surface area contributed by atoms with Crippen LogP contribution >= 0.6 is 0 Å². The molecule has 1 rings (SSSR count). The number of unbranched alkanes of at least 4 members (excludes halogenated alkanes) is 1. The van der Waals surface area contributed by atoms with Gasteiger partial charge >= 0.3 is 0 Å². The van der Waals surface area contributed by atoms with Gasteiger partial charge in [0.15, 0.2) is 0 Å². The van der Waals surface area contributed by atoms with Crippen molar-refractivity contribution in [3.63, 3.8) is 0 Å². The summed E-state index contributed by atoms with van der Waals surface area (Å²) in [5, 5.41) is 0. The van der Waals surface area contributed by atoms with Gasteiger partial charge in [0.1, 0.15) is 0 Å². The highest BCUT2D eigenvalue weighted by molar-refractivity contribution is 4.70. The van der Waals surface area contributed by atoms with Gasteiger partial charge in [-0.05, 0) is 19.4 Å². The van der Waals surface area contributed by atoms with E-state index in [-0.39, 0.29) is 0 Å². The van der Waals surface area contributed by atoms with Crippen LogP contribution in [0, 0.1) is 0 Å². The minimum atomic E-state index is 0.514. The first-order valence-corrected chi connectivity index (χ1v) is 5.70. The Bertz CT molecular complexity index is 125. The maximum Gasteiger partial charge on any atom is 0.0702 e. The minimum absolute atomic E-state index is 0.514. The summed E-state index contributed by atoms with van der Waals surface area (Å²) in [5.74, 6) is 0. The van der Waals surface area contributed by atoms with Gasteiger partial charge in [0.2, 0.25) is 0 Å². The number of hydrogen-bond donors (Lipinski definition) is 0. The molecule has 0 amide bonds. The van der Waals surface area contributed by atoms with Gasteiger partial charge < -0.3 is 4.74 Å². The molecule has 1 unspecified atom stereocenters. The molecule has 0 aromatic heterocycles. The molecule has 0 aliphatic carbocycles. The summed E-state index contributed by atoms with van der Waals surface area (Å²) in [6, 6.07) is 0. The van der Waals surface area contributed by atoms with Crippen LogP contribution in [0.5, 0.6) is 0 Å². The van der Waals surface area contributed by atoms with Crippen LogP contribution in [0.2, 0.25) is 0 Å². The molecule has 1 aliphatic heterocycles. The topological polar surface area (TPSA) is 12.5 Å². The van der Waals surface area contributed by atoms with Gasteiger partial charge in [-0.15, -0.1) is 0 Å². The standard InChI is InChI=1S/C11H23NO/c1-3-5-6-11-10-12(7-4-2)8-9-13-11/h11H,3-10H2,1-2H3. The highest BCUT2D eigenvalue weighted by Gasteiger charge is 2.18. The molecule has 0 spiro atoms. The van der Waals surface area contributed by atoms with Crippen molar-refractivity contribution in [1.29, 1.82) is 0 Å². The van der Waals surface area contributed by atoms with Gasteiger partial charge in [0.25, 0.3) is 0 Å². The molecule has 0 bridgehead atoms. The molecule has 1 atom stereocenters. The summed E-state index contributed by atoms with van der Waals surface area (Å²) in [6.45, 7) is 8.97. The fourth-order valence-corrected chi connectivity index (χ4v) is 1.91. The quantitative estimate of drug-likeness (QED) is 0.651. The van der Waals surface area contributed by atoms with E-state index in [0.29, 0.717) is 6.10 Å². The third kappa shape index (κ3) is 4.10. The Morgan fingerprint density at radius 3 is 2.85 bits per heavy atom. The second kappa shape index (κ2) is 6.39. The van der Waals surface area contributed by atoms with Gasteiger partial charge in [-0.2, -0.15) is 0 Å². The zero-order chi connectivity index (χ0) is 9.52. The van der Waals surface area contributed by atoms with Gasteiger partial charge in [-0.25, -0.2) is 0 Å². The first-order valence-electron chi connectivity index (χ1n) is 5.70. The molecule has 1 fully saturated rings. The smallest absolute Gasteiger partial charge is 0.0702 e. The van der Waals surface area contributed by atoms with Crippen LogP contribution in [0.3, 0.4) is 0 Å². The normalized spacial score (nSPS) is 24.9. The first kappa shape index (κ1) is 11.0. The Hall–Kier alpha value is -0.0800. The zero-order valence-corrected chi connectivity index (χ0v) is 9.09. The second-order valence-electron chi connectivity index (χ2n) is 3.94. The molecule has 1 aliphatic rings. The average Bonchev–Trinajstić information content (AvgIpc) is 2.16. The highest BCUT2D eigenvalue weighted by atomic mass is 16.5. The van der Waals surface area contributed by atoms with Gasteiger partial charge in [-0.1, -0.05) is 26.7 Å². The van der Waals surface area contributed by atoms with Crippen molar-refractivity contribution in [2.24, 2.45) is 0 Å². The van der Waals surface area contributed by atoms with E-state index in [1.165, 1.54) is 32.2 Å². The van der Waals surface area contributed by atoms with Crippen LogP contribution in [0.4, 0.5) is 0 Å². The molecular weight excluding hydrogens is 162 g/mol. The van der Waals surface area contributed by atoms with Crippen molar-refractivity contribution >= 4 is 0 Å². The summed E-state index contributed by atoms with van der Waals surface area (Å²) in [5.41, 5.74) is 0. The number of rotatable bonds is 5. The molecule has 13 heavy (non-hydrogen) atoms. The van der Waals surface area contributed by atoms with Crippen LogP contribution in [-0.2, 0) is 4.74 Å². The van der Waals surface area contributed by atoms with Crippen molar-refractivity contribution in [1.82, 2.24) is 4.90 Å². The van der Waals surface area contributed by atoms with Crippen LogP contribution < -0.4 is 0 Å². The lowest BCUT2D eigenvalue weighted by Gasteiger charge is -2.32. The summed E-state index contributed by atoms with van der Waals surface area (Å²) < 4.78 is 5.71. The van der Waals surface area contributed by atoms with Crippen molar-refractivity contribution in [3.05, 3.63) is 0 Å². The Balaban J connectivity index is 2.16. The summed E-state index contributed by atoms with van der Waals surface area (Å²) in [6.07, 6.45) is 5.62. The van der Waals surface area contributed by atoms with E-state index in [2.05, 4.69) is 18.7 Å². The molecule has 0 saturated carbocycles. The average molecular weight is 185 g/mol. The lowest BCUT2D eigenvalue weighted by molar-refractivity contribution is -0.0326. The molecule has 2 nitrogen and oxygen atoms in total. The third-order valence-electron chi connectivity index (χ3n) is 2.64. The van der Waals surface area contributed by atoms with E-state index in [0.717, 1.165) is 19.7 Å². The zero-order valence-electron chi connectivity index (χ0n) is 9.09. The first-order chi connectivity index (χ1) is 6.36. The largest absolute Gasteiger partial charge is 0.376 e. The molecule has 78 valence electrons. The number of nitrogens with zero attached hydrogens (tertiary/aromatic N) is 1. The maximum atomic E-state index is 5.71. The third-order valence-corrected chi connectivity index (χ3v) is 2.64. The van der Waals surface area contributed by atoms with E-state index in [1.54, 1.807) is 0 Å². The molecule has 0 aromatic carbocycles. The molecule has 0 radical (unpaired) electrons. The van der Waals surface area contributed by atoms with E-state index < -0.39 is 0 Å². The lowest BCUT2D eigenvalue weighted by atomic mass is 10.1. The van der Waals surface area contributed by atoms with Gasteiger partial charge in [0, 0.05) is 13.1 Å². The Morgan fingerprint density at radius 2 is 2.15 bits per heavy atom. The number of hydrogen-bond acceptors (Lipinski definition) is 2. The predicted octanol–water partition coefficient (Wildman–Crippen LogP) is 2.29. The Kier molecular flexibility index (Phi) is 5.40. The molecule has 1 heterocycles. The van der Waals surface area contributed by atoms with Crippen molar-refractivity contribution in [3.8, 4) is 0 Å².